The summed E-state index contributed by atoms with van der Waals surface area (Å²) in [6.07, 6.45) is 4.20. The highest BCUT2D eigenvalue weighted by atomic mass is 35.5. The zero-order chi connectivity index (χ0) is 61.2. The molecular weight excluding hydrogens is 1140 g/mol. The van der Waals surface area contributed by atoms with Gasteiger partial charge in [0, 0.05) is 65.6 Å². The van der Waals surface area contributed by atoms with Crippen LogP contribution >= 0.6 is 23.2 Å². The second-order valence-corrected chi connectivity index (χ2v) is 20.5. The quantitative estimate of drug-likeness (QED) is 0.0462. The largest absolute Gasteiger partial charge is 0.373 e. The van der Waals surface area contributed by atoms with Gasteiger partial charge in [-0.15, -0.1) is 0 Å². The van der Waals surface area contributed by atoms with Crippen molar-refractivity contribution in [3.05, 3.63) is 200 Å². The Bertz CT molecular complexity index is 3760. The Morgan fingerprint density at radius 2 is 1.01 bits per heavy atom. The number of nitrogens with zero attached hydrogens (tertiary/aromatic N) is 6. The van der Waals surface area contributed by atoms with E-state index in [9.17, 15) is 42.3 Å². The van der Waals surface area contributed by atoms with Gasteiger partial charge in [-0.2, -0.15) is 19.8 Å². The zero-order valence-corrected chi connectivity index (χ0v) is 47.2. The normalized spacial score (nSPS) is 12.2. The summed E-state index contributed by atoms with van der Waals surface area (Å²) in [5.74, 6) is -4.28. The van der Waals surface area contributed by atoms with E-state index in [1.165, 1.54) is 49.0 Å². The Balaban J connectivity index is 0.000000211. The fourth-order valence-corrected chi connectivity index (χ4v) is 9.36. The van der Waals surface area contributed by atoms with Crippen LogP contribution in [0.25, 0.3) is 21.8 Å². The van der Waals surface area contributed by atoms with Gasteiger partial charge in [-0.3, -0.25) is 42.9 Å². The van der Waals surface area contributed by atoms with Crippen LogP contribution in [0.4, 0.5) is 8.78 Å². The molecule has 0 unspecified atom stereocenters. The predicted molar refractivity (Wildman–Crippen MR) is 311 cm³/mol. The number of nitrogens with two attached hydrogens (primary N) is 3. The van der Waals surface area contributed by atoms with Gasteiger partial charge in [0.25, 0.3) is 11.8 Å². The molecule has 20 nitrogen and oxygen atoms in total. The standard InChI is InChI=1S/C31H29ClFN5O4.C22H21ClFN5O3.C7H9N.CO2/c32-24-8-4-7-21(29(24)33)16-35-27(40)17-37(22-11-12-22)28(41)18-38-25-15-20(10-13-23(25)30(36-38)31(34)42)26(39)14-9-19-5-2-1-3-6-19;23-16-6-3-4-13(20(16)24)10-26-18(30)11-28(14-8-9-14)19(31)12-29-17-7-2-1-5-15(17)21(27-29)22(25)32;8-6-7-4-2-1-3-5-7;2-1-3/h1-8,10,13,15,22H,9,11-12,14,16-18H2,(H2,34,42)(H,35,40);1-7,14H,8-12H2,(H2,25,32)(H,26,30);1-5H,6,8H2;. The molecule has 0 radical (unpaired) electrons. The molecule has 2 fully saturated rings. The van der Waals surface area contributed by atoms with Gasteiger partial charge in [-0.1, -0.05) is 132 Å². The monoisotopic (exact) mass is 1200 g/mol. The first-order valence-corrected chi connectivity index (χ1v) is 27.5. The third-order valence-corrected chi connectivity index (χ3v) is 14.2. The van der Waals surface area contributed by atoms with Crippen LogP contribution in [0.2, 0.25) is 10.0 Å². The van der Waals surface area contributed by atoms with E-state index >= 15 is 0 Å². The molecule has 440 valence electrons. The molecule has 0 bridgehead atoms. The van der Waals surface area contributed by atoms with E-state index in [0.29, 0.717) is 40.3 Å². The number of aryl methyl sites for hydroxylation is 1. The van der Waals surface area contributed by atoms with Gasteiger partial charge >= 0.3 is 6.15 Å². The molecule has 2 heterocycles. The SMILES string of the molecule is NC(=O)c1nn(CC(=O)N(CC(=O)NCc2cccc(Cl)c2F)C2CC2)c2cc(C(=O)CCc3ccccc3)ccc12.NC(=O)c1nn(CC(=O)N(CC(=O)NCc2cccc(Cl)c2F)C2CC2)c2ccccc12.NCc1ccccc1.O=C=O. The van der Waals surface area contributed by atoms with E-state index < -0.39 is 35.3 Å². The Kier molecular flexibility index (Phi) is 22.4. The molecule has 2 saturated carbocycles. The van der Waals surface area contributed by atoms with Crippen molar-refractivity contribution in [3.63, 3.8) is 0 Å². The summed E-state index contributed by atoms with van der Waals surface area (Å²) in [6.45, 7) is -0.266. The topological polar surface area (TPSA) is 298 Å². The maximum atomic E-state index is 14.2. The third-order valence-electron chi connectivity index (χ3n) is 13.6. The van der Waals surface area contributed by atoms with Crippen molar-refractivity contribution in [2.75, 3.05) is 13.1 Å². The number of primary amides is 2. The summed E-state index contributed by atoms with van der Waals surface area (Å²) >= 11 is 11.6. The average Bonchev–Trinajstić information content (AvgIpc) is 2.90. The summed E-state index contributed by atoms with van der Waals surface area (Å²) in [5, 5.41) is 14.7. The summed E-state index contributed by atoms with van der Waals surface area (Å²) in [6, 6.07) is 40.4. The summed E-state index contributed by atoms with van der Waals surface area (Å²) < 4.78 is 31.0. The summed E-state index contributed by atoms with van der Waals surface area (Å²) in [4.78, 5) is 108. The molecular formula is C61H59Cl2F2N11O9. The highest BCUT2D eigenvalue weighted by molar-refractivity contribution is 6.31. The van der Waals surface area contributed by atoms with Crippen LogP contribution in [0.5, 0.6) is 0 Å². The number of hydrogen-bond acceptors (Lipinski definition) is 12. The van der Waals surface area contributed by atoms with Crippen LogP contribution in [0.1, 0.15) is 85.7 Å². The van der Waals surface area contributed by atoms with E-state index in [-0.39, 0.29) is 114 Å². The number of amides is 6. The number of halogens is 4. The number of Topliss-reactive ketones (excluding diaryl/α,β-unsaturated/α-hetero) is 1. The molecule has 0 spiro atoms. The van der Waals surface area contributed by atoms with E-state index in [1.807, 2.05) is 60.7 Å². The molecule has 0 saturated heterocycles. The minimum absolute atomic E-state index is 0.0136. The fraction of sp³-hybridized carbons (Fsp3) is 0.246. The minimum atomic E-state index is -0.763. The molecule has 85 heavy (non-hydrogen) atoms. The highest BCUT2D eigenvalue weighted by Gasteiger charge is 2.36. The van der Waals surface area contributed by atoms with Crippen molar-refractivity contribution in [3.8, 4) is 0 Å². The smallest absolute Gasteiger partial charge is 0.364 e. The number of rotatable bonds is 21. The molecule has 2 aliphatic rings. The maximum absolute atomic E-state index is 14.2. The van der Waals surface area contributed by atoms with Gasteiger partial charge in [0.2, 0.25) is 23.6 Å². The third kappa shape index (κ3) is 17.5. The first-order chi connectivity index (χ1) is 40.9. The molecule has 0 atom stereocenters. The Morgan fingerprint density at radius 1 is 0.576 bits per heavy atom. The predicted octanol–water partition coefficient (Wildman–Crippen LogP) is 6.85. The number of para-hydroxylation sites is 1. The van der Waals surface area contributed by atoms with Gasteiger partial charge in [0.05, 0.1) is 34.2 Å². The number of fused-ring (bicyclic) bond motifs is 2. The lowest BCUT2D eigenvalue weighted by atomic mass is 10.0. The number of carbonyl (C=O) groups is 7. The van der Waals surface area contributed by atoms with Crippen LogP contribution in [0.3, 0.4) is 0 Å². The Hall–Kier alpha value is -9.47. The van der Waals surface area contributed by atoms with Crippen molar-refractivity contribution in [2.45, 2.75) is 83.3 Å². The summed E-state index contributed by atoms with van der Waals surface area (Å²) in [5.41, 5.74) is 20.6. The van der Waals surface area contributed by atoms with E-state index in [0.717, 1.165) is 31.2 Å². The summed E-state index contributed by atoms with van der Waals surface area (Å²) in [7, 11) is 0. The van der Waals surface area contributed by atoms with E-state index in [2.05, 4.69) is 20.8 Å². The van der Waals surface area contributed by atoms with Crippen LogP contribution in [-0.4, -0.2) is 102 Å². The van der Waals surface area contributed by atoms with Gasteiger partial charge in [0.1, 0.15) is 24.7 Å². The number of aromatic nitrogens is 4. The molecule has 24 heteroatoms. The first kappa shape index (κ1) is 63.1. The van der Waals surface area contributed by atoms with E-state index in [4.69, 9.17) is 50.0 Å². The molecule has 10 rings (SSSR count). The van der Waals surface area contributed by atoms with Crippen molar-refractivity contribution < 1.29 is 51.9 Å². The van der Waals surface area contributed by atoms with Gasteiger partial charge in [-0.25, -0.2) is 8.78 Å². The van der Waals surface area contributed by atoms with Gasteiger partial charge in [0.15, 0.2) is 17.2 Å². The molecule has 8 aromatic rings. The number of benzene rings is 6. The average molecular weight is 1200 g/mol. The molecule has 8 N–H and O–H groups in total. The van der Waals surface area contributed by atoms with Crippen molar-refractivity contribution in [1.82, 2.24) is 40.0 Å². The van der Waals surface area contributed by atoms with E-state index in [1.54, 1.807) is 54.6 Å². The van der Waals surface area contributed by atoms with Crippen molar-refractivity contribution in [2.24, 2.45) is 17.2 Å². The first-order valence-electron chi connectivity index (χ1n) is 26.7. The lowest BCUT2D eigenvalue weighted by Gasteiger charge is -2.22. The van der Waals surface area contributed by atoms with Gasteiger partial charge < -0.3 is 37.6 Å². The highest BCUT2D eigenvalue weighted by Crippen LogP contribution is 2.30. The van der Waals surface area contributed by atoms with Crippen LogP contribution in [-0.2, 0) is 67.9 Å². The van der Waals surface area contributed by atoms with Crippen LogP contribution in [0.15, 0.2) is 140 Å². The molecule has 6 amide bonds. The number of nitrogens with one attached hydrogen (secondary N) is 2. The van der Waals surface area contributed by atoms with Crippen molar-refractivity contribution in [1.29, 1.82) is 0 Å². The number of carbonyl (C=O) groups excluding carboxylic acids is 9. The Labute approximate surface area is 496 Å². The van der Waals surface area contributed by atoms with Crippen LogP contribution < -0.4 is 27.8 Å². The number of ketones is 1. The minimum Gasteiger partial charge on any atom is -0.364 e. The lowest BCUT2D eigenvalue weighted by molar-refractivity contribution is -0.191. The molecule has 6 aromatic carbocycles. The molecule has 2 aromatic heterocycles. The molecule has 2 aliphatic carbocycles. The number of hydrogen-bond donors (Lipinski definition) is 5. The zero-order valence-electron chi connectivity index (χ0n) is 45.7. The van der Waals surface area contributed by atoms with Gasteiger partial charge in [-0.05, 0) is 73.6 Å². The second-order valence-electron chi connectivity index (χ2n) is 19.7. The van der Waals surface area contributed by atoms with Crippen molar-refractivity contribution >= 4 is 92.4 Å². The molecule has 0 aliphatic heterocycles. The maximum Gasteiger partial charge on any atom is 0.373 e. The fourth-order valence-electron chi connectivity index (χ4n) is 8.97. The van der Waals surface area contributed by atoms with Crippen LogP contribution in [0, 0.1) is 11.6 Å². The Morgan fingerprint density at radius 3 is 1.46 bits per heavy atom. The second kappa shape index (κ2) is 30.2. The lowest BCUT2D eigenvalue weighted by Crippen LogP contribution is -2.43.